The van der Waals surface area contributed by atoms with Gasteiger partial charge in [0.1, 0.15) is 4.90 Å². The number of sulfone groups is 1. The smallest absolute Gasteiger partial charge is 0.321 e. The Morgan fingerprint density at radius 1 is 1.20 bits per heavy atom. The molecule has 0 bridgehead atoms. The van der Waals surface area contributed by atoms with Crippen LogP contribution in [0.5, 0.6) is 0 Å². The number of hydrogen-bond acceptors (Lipinski definition) is 7. The number of methoxy groups -OCH3 is 1. The molecule has 10 heteroatoms. The normalized spacial score (nSPS) is 11.4. The van der Waals surface area contributed by atoms with Crippen molar-refractivity contribution >= 4 is 31.9 Å². The predicted octanol–water partition coefficient (Wildman–Crippen LogP) is -0.342. The van der Waals surface area contributed by atoms with Gasteiger partial charge in [0, 0.05) is 0 Å². The third-order valence-electron chi connectivity index (χ3n) is 2.16. The summed E-state index contributed by atoms with van der Waals surface area (Å²) in [4.78, 5) is 19.8. The highest BCUT2D eigenvalue weighted by Crippen LogP contribution is 2.23. The minimum absolute atomic E-state index is 0.635. The standard InChI is InChI=1S/C10H9NO7S2/c1-18-10(13)6-19(14,15)8-4-2-3-5-9(8)20(16,17)11-7-12/h2-5H,6H2,1H3. The van der Waals surface area contributed by atoms with Crippen molar-refractivity contribution in [3.8, 4) is 0 Å². The van der Waals surface area contributed by atoms with Crippen molar-refractivity contribution in [1.82, 2.24) is 0 Å². The molecule has 8 nitrogen and oxygen atoms in total. The molecule has 0 aliphatic heterocycles. The molecule has 0 saturated carbocycles. The number of esters is 1. The SMILES string of the molecule is COC(=O)CS(=O)(=O)c1ccccc1S(=O)(=O)N=C=O. The summed E-state index contributed by atoms with van der Waals surface area (Å²) in [5.74, 6) is -2.07. The zero-order chi connectivity index (χ0) is 15.4. The molecule has 20 heavy (non-hydrogen) atoms. The average Bonchev–Trinajstić information content (AvgIpc) is 2.38. The fourth-order valence-corrected chi connectivity index (χ4v) is 4.02. The van der Waals surface area contributed by atoms with Gasteiger partial charge in [0.25, 0.3) is 16.1 Å². The predicted molar refractivity (Wildman–Crippen MR) is 65.8 cm³/mol. The van der Waals surface area contributed by atoms with Crippen LogP contribution in [0.3, 0.4) is 0 Å². The number of nitrogens with zero attached hydrogens (tertiary/aromatic N) is 1. The van der Waals surface area contributed by atoms with Crippen LogP contribution in [0.4, 0.5) is 0 Å². The lowest BCUT2D eigenvalue weighted by molar-refractivity contribution is -0.137. The molecule has 0 unspecified atom stereocenters. The first kappa shape index (κ1) is 16.0. The van der Waals surface area contributed by atoms with Gasteiger partial charge in [0.05, 0.1) is 12.0 Å². The lowest BCUT2D eigenvalue weighted by atomic mass is 10.4. The molecular weight excluding hydrogens is 310 g/mol. The number of isocyanates is 1. The van der Waals surface area contributed by atoms with E-state index in [1.165, 1.54) is 12.1 Å². The van der Waals surface area contributed by atoms with Crippen LogP contribution < -0.4 is 0 Å². The number of carbonyl (C=O) groups is 1. The van der Waals surface area contributed by atoms with Crippen LogP contribution >= 0.6 is 0 Å². The third kappa shape index (κ3) is 3.50. The zero-order valence-corrected chi connectivity index (χ0v) is 11.8. The molecule has 0 spiro atoms. The second-order valence-electron chi connectivity index (χ2n) is 3.44. The maximum atomic E-state index is 12.0. The summed E-state index contributed by atoms with van der Waals surface area (Å²) in [6.45, 7) is 0. The van der Waals surface area contributed by atoms with Gasteiger partial charge < -0.3 is 4.74 Å². The summed E-state index contributed by atoms with van der Waals surface area (Å²) in [5.41, 5.74) is 0. The number of hydrogen-bond donors (Lipinski definition) is 0. The number of rotatable bonds is 5. The van der Waals surface area contributed by atoms with Crippen molar-refractivity contribution in [3.63, 3.8) is 0 Å². The average molecular weight is 319 g/mol. The second kappa shape index (κ2) is 5.95. The Labute approximate surface area is 115 Å². The van der Waals surface area contributed by atoms with Gasteiger partial charge in [-0.1, -0.05) is 16.5 Å². The van der Waals surface area contributed by atoms with Crippen molar-refractivity contribution in [3.05, 3.63) is 24.3 Å². The molecule has 0 N–H and O–H groups in total. The number of carbonyl (C=O) groups excluding carboxylic acids is 2. The van der Waals surface area contributed by atoms with Gasteiger partial charge in [0.2, 0.25) is 0 Å². The van der Waals surface area contributed by atoms with E-state index in [0.717, 1.165) is 25.3 Å². The van der Waals surface area contributed by atoms with E-state index >= 15 is 0 Å². The van der Waals surface area contributed by atoms with E-state index in [0.29, 0.717) is 0 Å². The first-order valence-corrected chi connectivity index (χ1v) is 8.06. The van der Waals surface area contributed by atoms with Crippen LogP contribution in [0, 0.1) is 0 Å². The Morgan fingerprint density at radius 3 is 2.25 bits per heavy atom. The molecule has 1 aromatic carbocycles. The first-order valence-electron chi connectivity index (χ1n) is 4.97. The Morgan fingerprint density at radius 2 is 1.75 bits per heavy atom. The quantitative estimate of drug-likeness (QED) is 0.413. The van der Waals surface area contributed by atoms with Gasteiger partial charge in [-0.2, -0.15) is 8.42 Å². The van der Waals surface area contributed by atoms with Gasteiger partial charge in [-0.15, -0.1) is 0 Å². The van der Waals surface area contributed by atoms with Gasteiger partial charge in [-0.3, -0.25) is 4.79 Å². The summed E-state index contributed by atoms with van der Waals surface area (Å²) in [7, 11) is -7.75. The first-order chi connectivity index (χ1) is 9.24. The van der Waals surface area contributed by atoms with Gasteiger partial charge in [-0.05, 0) is 12.1 Å². The molecule has 0 atom stereocenters. The van der Waals surface area contributed by atoms with Crippen LogP contribution in [-0.2, 0) is 34.2 Å². The van der Waals surface area contributed by atoms with Crippen LogP contribution in [0.1, 0.15) is 0 Å². The van der Waals surface area contributed by atoms with Gasteiger partial charge in [-0.25, -0.2) is 13.2 Å². The maximum absolute atomic E-state index is 12.0. The molecule has 0 aliphatic carbocycles. The zero-order valence-electron chi connectivity index (χ0n) is 10.1. The maximum Gasteiger partial charge on any atom is 0.321 e. The van der Waals surface area contributed by atoms with E-state index in [1.807, 2.05) is 0 Å². The summed E-state index contributed by atoms with van der Waals surface area (Å²) < 4.78 is 54.0. The lowest BCUT2D eigenvalue weighted by Gasteiger charge is -2.07. The summed E-state index contributed by atoms with van der Waals surface area (Å²) in [6, 6.07) is 4.48. The van der Waals surface area contributed by atoms with Crippen molar-refractivity contribution in [2.24, 2.45) is 4.40 Å². The molecule has 0 aliphatic rings. The van der Waals surface area contributed by atoms with E-state index in [4.69, 9.17) is 0 Å². The van der Waals surface area contributed by atoms with Gasteiger partial charge in [0.15, 0.2) is 15.6 Å². The van der Waals surface area contributed by atoms with Crippen molar-refractivity contribution in [1.29, 1.82) is 0 Å². The van der Waals surface area contributed by atoms with Crippen LogP contribution in [-0.4, -0.2) is 41.7 Å². The topological polar surface area (TPSA) is 124 Å². The second-order valence-corrected chi connectivity index (χ2v) is 6.97. The number of benzene rings is 1. The van der Waals surface area contributed by atoms with E-state index in [1.54, 1.807) is 0 Å². The van der Waals surface area contributed by atoms with Crippen LogP contribution in [0.15, 0.2) is 38.5 Å². The minimum atomic E-state index is -4.50. The van der Waals surface area contributed by atoms with Crippen molar-refractivity contribution in [2.75, 3.05) is 12.9 Å². The Bertz CT molecular complexity index is 774. The van der Waals surface area contributed by atoms with Gasteiger partial charge >= 0.3 is 5.97 Å². The van der Waals surface area contributed by atoms with Crippen LogP contribution in [0.2, 0.25) is 0 Å². The molecule has 0 aromatic heterocycles. The Kier molecular flexibility index (Phi) is 4.77. The highest BCUT2D eigenvalue weighted by atomic mass is 32.2. The fraction of sp³-hybridized carbons (Fsp3) is 0.200. The molecule has 108 valence electrons. The lowest BCUT2D eigenvalue weighted by Crippen LogP contribution is -2.19. The van der Waals surface area contributed by atoms with Crippen LogP contribution in [0.25, 0.3) is 0 Å². The highest BCUT2D eigenvalue weighted by Gasteiger charge is 2.28. The van der Waals surface area contributed by atoms with E-state index in [2.05, 4.69) is 9.13 Å². The fourth-order valence-electron chi connectivity index (χ4n) is 1.31. The molecule has 0 fully saturated rings. The van der Waals surface area contributed by atoms with Crippen molar-refractivity contribution in [2.45, 2.75) is 9.79 Å². The molecule has 0 heterocycles. The third-order valence-corrected chi connectivity index (χ3v) is 5.15. The van der Waals surface area contributed by atoms with E-state index < -0.39 is 41.4 Å². The summed E-state index contributed by atoms with van der Waals surface area (Å²) in [5, 5.41) is 0. The molecule has 0 amide bonds. The number of sulfonamides is 1. The molecule has 0 radical (unpaired) electrons. The Balaban J connectivity index is 3.49. The van der Waals surface area contributed by atoms with Crippen molar-refractivity contribution < 1.29 is 31.2 Å². The minimum Gasteiger partial charge on any atom is -0.468 e. The number of ether oxygens (including phenoxy) is 1. The van der Waals surface area contributed by atoms with E-state index in [9.17, 15) is 26.4 Å². The Hall–Kier alpha value is -2.03. The largest absolute Gasteiger partial charge is 0.468 e. The van der Waals surface area contributed by atoms with E-state index in [-0.39, 0.29) is 0 Å². The monoisotopic (exact) mass is 319 g/mol. The molecular formula is C10H9NO7S2. The highest BCUT2D eigenvalue weighted by molar-refractivity contribution is 7.94. The summed E-state index contributed by atoms with van der Waals surface area (Å²) >= 11 is 0. The molecule has 0 saturated heterocycles. The summed E-state index contributed by atoms with van der Waals surface area (Å²) in [6.07, 6.45) is 0.838. The molecule has 1 rings (SSSR count). The molecule has 1 aromatic rings.